The van der Waals surface area contributed by atoms with Crippen molar-refractivity contribution in [3.63, 3.8) is 0 Å². The summed E-state index contributed by atoms with van der Waals surface area (Å²) in [6.45, 7) is 4.28. The molecule has 0 unspecified atom stereocenters. The Morgan fingerprint density at radius 1 is 1.00 bits per heavy atom. The molecule has 0 fully saturated rings. The lowest BCUT2D eigenvalue weighted by atomic mass is 9.98. The summed E-state index contributed by atoms with van der Waals surface area (Å²) in [5.74, 6) is 1.12. The Morgan fingerprint density at radius 2 is 1.38 bits per heavy atom. The smallest absolute Gasteiger partial charge is 0.0304 e. The first-order valence-electron chi connectivity index (χ1n) is 2.87. The van der Waals surface area contributed by atoms with E-state index in [0.717, 1.165) is 0 Å². The van der Waals surface area contributed by atoms with E-state index in [-0.39, 0.29) is 0 Å². The molecule has 0 saturated heterocycles. The first kappa shape index (κ1) is 5.48. The van der Waals surface area contributed by atoms with Crippen molar-refractivity contribution in [3.05, 3.63) is 0 Å². The van der Waals surface area contributed by atoms with Crippen molar-refractivity contribution in [2.45, 2.75) is 13.8 Å². The van der Waals surface area contributed by atoms with Gasteiger partial charge in [-0.3, -0.25) is 0 Å². The molecular formula is C6H10N2. The average molecular weight is 110 g/mol. The highest BCUT2D eigenvalue weighted by Crippen LogP contribution is 2.08. The number of nitrogens with zero attached hydrogens (tertiary/aromatic N) is 2. The van der Waals surface area contributed by atoms with Crippen LogP contribution >= 0.6 is 0 Å². The second-order valence-corrected chi connectivity index (χ2v) is 2.25. The summed E-state index contributed by atoms with van der Waals surface area (Å²) in [7, 11) is 0. The normalized spacial score (nSPS) is 35.8. The van der Waals surface area contributed by atoms with Gasteiger partial charge in [-0.05, 0) is 0 Å². The van der Waals surface area contributed by atoms with Gasteiger partial charge in [-0.2, -0.15) is 10.2 Å². The molecule has 44 valence electrons. The molecule has 8 heavy (non-hydrogen) atoms. The van der Waals surface area contributed by atoms with Gasteiger partial charge in [0.1, 0.15) is 0 Å². The molecule has 0 spiro atoms. The highest BCUT2D eigenvalue weighted by Gasteiger charge is 2.08. The van der Waals surface area contributed by atoms with E-state index in [4.69, 9.17) is 0 Å². The Balaban J connectivity index is 2.59. The van der Waals surface area contributed by atoms with Crippen LogP contribution in [0.25, 0.3) is 0 Å². The first-order valence-corrected chi connectivity index (χ1v) is 2.87. The molecule has 0 bridgehead atoms. The summed E-state index contributed by atoms with van der Waals surface area (Å²) in [5, 5.41) is 7.51. The molecule has 2 nitrogen and oxygen atoms in total. The summed E-state index contributed by atoms with van der Waals surface area (Å²) in [6.07, 6.45) is 3.76. The van der Waals surface area contributed by atoms with E-state index < -0.39 is 0 Å². The van der Waals surface area contributed by atoms with Crippen LogP contribution in [0.2, 0.25) is 0 Å². The van der Waals surface area contributed by atoms with Crippen LogP contribution in [0.3, 0.4) is 0 Å². The SMILES string of the molecule is C[C@@H]1C=NN=C[C@@H]1C. The van der Waals surface area contributed by atoms with Crippen molar-refractivity contribution in [3.8, 4) is 0 Å². The molecular weight excluding hydrogens is 100 g/mol. The van der Waals surface area contributed by atoms with Crippen LogP contribution in [0.1, 0.15) is 13.8 Å². The molecule has 0 aromatic rings. The molecule has 1 rings (SSSR count). The Morgan fingerprint density at radius 3 is 1.62 bits per heavy atom. The van der Waals surface area contributed by atoms with E-state index in [1.807, 2.05) is 12.4 Å². The molecule has 0 amide bonds. The largest absolute Gasteiger partial charge is 0.164 e. The van der Waals surface area contributed by atoms with E-state index >= 15 is 0 Å². The predicted octanol–water partition coefficient (Wildman–Crippen LogP) is 1.33. The zero-order valence-electron chi connectivity index (χ0n) is 5.20. The molecule has 0 saturated carbocycles. The first-order chi connectivity index (χ1) is 3.80. The predicted molar refractivity (Wildman–Crippen MR) is 35.3 cm³/mol. The van der Waals surface area contributed by atoms with Gasteiger partial charge in [0.2, 0.25) is 0 Å². The van der Waals surface area contributed by atoms with Gasteiger partial charge in [0.15, 0.2) is 0 Å². The van der Waals surface area contributed by atoms with E-state index in [1.54, 1.807) is 0 Å². The maximum atomic E-state index is 3.75. The fourth-order valence-electron chi connectivity index (χ4n) is 0.559. The maximum Gasteiger partial charge on any atom is 0.0304 e. The summed E-state index contributed by atoms with van der Waals surface area (Å²) in [5.41, 5.74) is 0. The summed E-state index contributed by atoms with van der Waals surface area (Å²) in [6, 6.07) is 0. The molecule has 2 atom stereocenters. The van der Waals surface area contributed by atoms with Gasteiger partial charge in [0, 0.05) is 24.3 Å². The molecule has 0 radical (unpaired) electrons. The molecule has 1 aliphatic heterocycles. The third kappa shape index (κ3) is 0.941. The zero-order valence-corrected chi connectivity index (χ0v) is 5.20. The van der Waals surface area contributed by atoms with Crippen LogP contribution in [0.4, 0.5) is 0 Å². The van der Waals surface area contributed by atoms with Gasteiger partial charge in [-0.1, -0.05) is 13.8 Å². The lowest BCUT2D eigenvalue weighted by molar-refractivity contribution is 0.633. The molecule has 0 N–H and O–H groups in total. The van der Waals surface area contributed by atoms with Crippen molar-refractivity contribution in [1.82, 2.24) is 0 Å². The van der Waals surface area contributed by atoms with Gasteiger partial charge < -0.3 is 0 Å². The highest BCUT2D eigenvalue weighted by molar-refractivity contribution is 5.73. The van der Waals surface area contributed by atoms with E-state index in [2.05, 4.69) is 24.1 Å². The van der Waals surface area contributed by atoms with Crippen molar-refractivity contribution in [2.24, 2.45) is 22.0 Å². The van der Waals surface area contributed by atoms with Crippen molar-refractivity contribution in [1.29, 1.82) is 0 Å². The Hall–Kier alpha value is -0.660. The molecule has 0 aromatic heterocycles. The average Bonchev–Trinajstić information content (AvgIpc) is 1.77. The molecule has 0 aliphatic carbocycles. The van der Waals surface area contributed by atoms with Gasteiger partial charge in [-0.25, -0.2) is 0 Å². The molecule has 2 heteroatoms. The maximum absolute atomic E-state index is 3.75. The van der Waals surface area contributed by atoms with Crippen LogP contribution in [0, 0.1) is 11.8 Å². The Kier molecular flexibility index (Phi) is 1.42. The quantitative estimate of drug-likeness (QED) is 0.449. The van der Waals surface area contributed by atoms with Gasteiger partial charge in [0.25, 0.3) is 0 Å². The van der Waals surface area contributed by atoms with Crippen molar-refractivity contribution < 1.29 is 0 Å². The van der Waals surface area contributed by atoms with E-state index in [0.29, 0.717) is 11.8 Å². The fourth-order valence-corrected chi connectivity index (χ4v) is 0.559. The molecule has 0 aromatic carbocycles. The number of rotatable bonds is 0. The van der Waals surface area contributed by atoms with Crippen LogP contribution in [-0.4, -0.2) is 12.4 Å². The molecule has 1 heterocycles. The Labute approximate surface area is 49.3 Å². The van der Waals surface area contributed by atoms with Crippen LogP contribution in [-0.2, 0) is 0 Å². The fraction of sp³-hybridized carbons (Fsp3) is 0.667. The Bertz CT molecular complexity index is 110. The third-order valence-electron chi connectivity index (χ3n) is 1.50. The minimum atomic E-state index is 0.562. The third-order valence-corrected chi connectivity index (χ3v) is 1.50. The van der Waals surface area contributed by atoms with Crippen LogP contribution in [0.15, 0.2) is 10.2 Å². The standard InChI is InChI=1S/C6H10N2/c1-5-3-7-8-4-6(5)2/h3-6H,1-2H3/t5-,6+. The molecule has 1 aliphatic rings. The van der Waals surface area contributed by atoms with Crippen LogP contribution < -0.4 is 0 Å². The van der Waals surface area contributed by atoms with Gasteiger partial charge in [-0.15, -0.1) is 0 Å². The topological polar surface area (TPSA) is 24.7 Å². The van der Waals surface area contributed by atoms with Crippen molar-refractivity contribution in [2.75, 3.05) is 0 Å². The minimum absolute atomic E-state index is 0.562. The second kappa shape index (κ2) is 2.07. The number of hydrogen-bond donors (Lipinski definition) is 0. The van der Waals surface area contributed by atoms with E-state index in [1.165, 1.54) is 0 Å². The van der Waals surface area contributed by atoms with Crippen LogP contribution in [0.5, 0.6) is 0 Å². The second-order valence-electron chi connectivity index (χ2n) is 2.25. The lowest BCUT2D eigenvalue weighted by Gasteiger charge is -2.11. The van der Waals surface area contributed by atoms with Gasteiger partial charge in [0.05, 0.1) is 0 Å². The summed E-state index contributed by atoms with van der Waals surface area (Å²) in [4.78, 5) is 0. The van der Waals surface area contributed by atoms with Crippen molar-refractivity contribution >= 4 is 12.4 Å². The summed E-state index contributed by atoms with van der Waals surface area (Å²) >= 11 is 0. The minimum Gasteiger partial charge on any atom is -0.164 e. The summed E-state index contributed by atoms with van der Waals surface area (Å²) < 4.78 is 0. The van der Waals surface area contributed by atoms with E-state index in [9.17, 15) is 0 Å². The monoisotopic (exact) mass is 110 g/mol. The highest BCUT2D eigenvalue weighted by atomic mass is 15.2. The lowest BCUT2D eigenvalue weighted by Crippen LogP contribution is -2.12. The zero-order chi connectivity index (χ0) is 5.98. The number of hydrogen-bond acceptors (Lipinski definition) is 2. The van der Waals surface area contributed by atoms with Gasteiger partial charge >= 0.3 is 0 Å².